The van der Waals surface area contributed by atoms with Crippen molar-refractivity contribution in [2.75, 3.05) is 6.26 Å². The van der Waals surface area contributed by atoms with Gasteiger partial charge in [-0.15, -0.1) is 11.8 Å². The summed E-state index contributed by atoms with van der Waals surface area (Å²) in [7, 11) is 0. The average molecular weight is 292 g/mol. The normalized spacial score (nSPS) is 10.2. The van der Waals surface area contributed by atoms with Crippen LogP contribution < -0.4 is 5.32 Å². The van der Waals surface area contributed by atoms with E-state index >= 15 is 0 Å². The van der Waals surface area contributed by atoms with Crippen molar-refractivity contribution < 1.29 is 9.72 Å². The van der Waals surface area contributed by atoms with Gasteiger partial charge < -0.3 is 10.3 Å². The van der Waals surface area contributed by atoms with E-state index in [1.54, 1.807) is 18.5 Å². The zero-order valence-electron chi connectivity index (χ0n) is 10.6. The maximum absolute atomic E-state index is 12.1. The van der Waals surface area contributed by atoms with Crippen molar-refractivity contribution in [2.24, 2.45) is 0 Å². The lowest BCUT2D eigenvalue weighted by Crippen LogP contribution is -2.24. The van der Waals surface area contributed by atoms with E-state index in [2.05, 4.69) is 15.3 Å². The molecule has 2 rings (SSSR count). The number of nitrogens with zero attached hydrogens (tertiary/aromatic N) is 2. The molecule has 0 aliphatic rings. The summed E-state index contributed by atoms with van der Waals surface area (Å²) in [6.45, 7) is 0.187. The lowest BCUT2D eigenvalue weighted by atomic mass is 10.1. The molecule has 0 saturated heterocycles. The van der Waals surface area contributed by atoms with Gasteiger partial charge in [-0.3, -0.25) is 14.9 Å². The van der Waals surface area contributed by atoms with E-state index in [1.807, 2.05) is 6.26 Å². The number of hydrogen-bond acceptors (Lipinski definition) is 5. The predicted molar refractivity (Wildman–Crippen MR) is 74.6 cm³/mol. The number of aromatic nitrogens is 2. The van der Waals surface area contributed by atoms with Crippen LogP contribution in [-0.4, -0.2) is 27.1 Å². The zero-order valence-corrected chi connectivity index (χ0v) is 11.4. The number of amides is 1. The molecule has 0 bridgehead atoms. The highest BCUT2D eigenvalue weighted by Crippen LogP contribution is 2.24. The first-order valence-corrected chi connectivity index (χ1v) is 6.93. The molecule has 2 aromatic rings. The van der Waals surface area contributed by atoms with Crippen molar-refractivity contribution in [1.29, 1.82) is 0 Å². The second-order valence-corrected chi connectivity index (χ2v) is 4.74. The van der Waals surface area contributed by atoms with E-state index in [-0.39, 0.29) is 17.8 Å². The van der Waals surface area contributed by atoms with Crippen molar-refractivity contribution in [3.05, 3.63) is 52.1 Å². The number of nitrogens with one attached hydrogen (secondary N) is 2. The van der Waals surface area contributed by atoms with Gasteiger partial charge >= 0.3 is 0 Å². The van der Waals surface area contributed by atoms with Gasteiger partial charge in [0.05, 0.1) is 11.5 Å². The topological polar surface area (TPSA) is 101 Å². The third-order valence-electron chi connectivity index (χ3n) is 2.62. The van der Waals surface area contributed by atoms with Gasteiger partial charge in [0.25, 0.3) is 11.6 Å². The summed E-state index contributed by atoms with van der Waals surface area (Å²) in [5.74, 6) is 0.0889. The molecule has 1 amide bonds. The molecule has 104 valence electrons. The molecular weight excluding hydrogens is 280 g/mol. The molecule has 1 heterocycles. The van der Waals surface area contributed by atoms with Crippen LogP contribution in [0.15, 0.2) is 35.5 Å². The van der Waals surface area contributed by atoms with E-state index in [4.69, 9.17) is 0 Å². The SMILES string of the molecule is CSc1ccc([N+](=O)[O-])c(C(=O)NCc2ncc[nH]2)c1. The van der Waals surface area contributed by atoms with Crippen LogP contribution in [0.2, 0.25) is 0 Å². The molecule has 0 radical (unpaired) electrons. The Morgan fingerprint density at radius 2 is 2.35 bits per heavy atom. The number of nitro groups is 1. The van der Waals surface area contributed by atoms with E-state index in [1.165, 1.54) is 23.9 Å². The Morgan fingerprint density at radius 1 is 1.55 bits per heavy atom. The van der Waals surface area contributed by atoms with Crippen LogP contribution in [0.3, 0.4) is 0 Å². The minimum atomic E-state index is -0.564. The summed E-state index contributed by atoms with van der Waals surface area (Å²) < 4.78 is 0. The summed E-state index contributed by atoms with van der Waals surface area (Å²) in [6.07, 6.45) is 5.04. The van der Waals surface area contributed by atoms with Crippen molar-refractivity contribution in [3.8, 4) is 0 Å². The Labute approximate surface area is 118 Å². The number of H-pyrrole nitrogens is 1. The largest absolute Gasteiger partial charge is 0.347 e. The molecule has 0 aliphatic heterocycles. The predicted octanol–water partition coefficient (Wildman–Crippen LogP) is 1.97. The quantitative estimate of drug-likeness (QED) is 0.498. The number of nitro benzene ring substituents is 1. The molecular formula is C12H12N4O3S. The fourth-order valence-corrected chi connectivity index (χ4v) is 2.08. The Balaban J connectivity index is 2.20. The molecule has 2 N–H and O–H groups in total. The summed E-state index contributed by atoms with van der Waals surface area (Å²) in [4.78, 5) is 30.1. The van der Waals surface area contributed by atoms with E-state index < -0.39 is 10.8 Å². The molecule has 0 atom stereocenters. The molecule has 1 aromatic heterocycles. The molecule has 7 nitrogen and oxygen atoms in total. The van der Waals surface area contributed by atoms with Gasteiger partial charge in [0.2, 0.25) is 0 Å². The lowest BCUT2D eigenvalue weighted by Gasteiger charge is -2.06. The fraction of sp³-hybridized carbons (Fsp3) is 0.167. The van der Waals surface area contributed by atoms with Gasteiger partial charge in [-0.2, -0.15) is 0 Å². The number of carbonyl (C=O) groups excluding carboxylic acids is 1. The third-order valence-corrected chi connectivity index (χ3v) is 3.34. The molecule has 1 aromatic carbocycles. The molecule has 0 unspecified atom stereocenters. The van der Waals surface area contributed by atoms with Crippen molar-refractivity contribution in [2.45, 2.75) is 11.4 Å². The number of carbonyl (C=O) groups is 1. The van der Waals surface area contributed by atoms with E-state index in [9.17, 15) is 14.9 Å². The Bertz CT molecular complexity index is 628. The Hall–Kier alpha value is -2.35. The van der Waals surface area contributed by atoms with Crippen molar-refractivity contribution in [1.82, 2.24) is 15.3 Å². The second-order valence-electron chi connectivity index (χ2n) is 3.86. The van der Waals surface area contributed by atoms with Crippen LogP contribution in [0.4, 0.5) is 5.69 Å². The monoisotopic (exact) mass is 292 g/mol. The van der Waals surface area contributed by atoms with Crippen molar-refractivity contribution in [3.63, 3.8) is 0 Å². The average Bonchev–Trinajstić information content (AvgIpc) is 2.97. The van der Waals surface area contributed by atoms with E-state index in [0.29, 0.717) is 5.82 Å². The minimum Gasteiger partial charge on any atom is -0.347 e. The maximum atomic E-state index is 12.1. The zero-order chi connectivity index (χ0) is 14.5. The molecule has 0 spiro atoms. The third kappa shape index (κ3) is 3.15. The maximum Gasteiger partial charge on any atom is 0.282 e. The standard InChI is InChI=1S/C12H12N4O3S/c1-20-8-2-3-10(16(18)19)9(6-8)12(17)15-7-11-13-4-5-14-11/h2-6H,7H2,1H3,(H,13,14)(H,15,17). The first-order valence-electron chi connectivity index (χ1n) is 5.70. The first kappa shape index (κ1) is 14.1. The number of imidazole rings is 1. The number of aromatic amines is 1. The van der Waals surface area contributed by atoms with Crippen LogP contribution in [0.5, 0.6) is 0 Å². The number of rotatable bonds is 5. The number of hydrogen-bond donors (Lipinski definition) is 2. The van der Waals surface area contributed by atoms with Gasteiger partial charge in [-0.1, -0.05) is 0 Å². The van der Waals surface area contributed by atoms with Gasteiger partial charge in [-0.25, -0.2) is 4.98 Å². The summed E-state index contributed by atoms with van der Waals surface area (Å²) in [6, 6.07) is 4.47. The molecule has 8 heteroatoms. The second kappa shape index (κ2) is 6.20. The van der Waals surface area contributed by atoms with Gasteiger partial charge in [0.15, 0.2) is 0 Å². The number of benzene rings is 1. The van der Waals surface area contributed by atoms with Gasteiger partial charge in [0.1, 0.15) is 11.4 Å². The van der Waals surface area contributed by atoms with Gasteiger partial charge in [0, 0.05) is 23.4 Å². The summed E-state index contributed by atoms with van der Waals surface area (Å²) in [5.41, 5.74) is -0.159. The number of thioether (sulfide) groups is 1. The van der Waals surface area contributed by atoms with E-state index in [0.717, 1.165) is 4.90 Å². The Morgan fingerprint density at radius 3 is 2.95 bits per heavy atom. The molecule has 0 fully saturated rings. The summed E-state index contributed by atoms with van der Waals surface area (Å²) in [5, 5.41) is 13.6. The van der Waals surface area contributed by atoms with Crippen LogP contribution >= 0.6 is 11.8 Å². The smallest absolute Gasteiger partial charge is 0.282 e. The highest BCUT2D eigenvalue weighted by Gasteiger charge is 2.20. The minimum absolute atomic E-state index is 0.0495. The molecule has 20 heavy (non-hydrogen) atoms. The summed E-state index contributed by atoms with van der Waals surface area (Å²) >= 11 is 1.42. The van der Waals surface area contributed by atoms with Crippen LogP contribution in [-0.2, 0) is 6.54 Å². The van der Waals surface area contributed by atoms with Crippen LogP contribution in [0.25, 0.3) is 0 Å². The van der Waals surface area contributed by atoms with Crippen molar-refractivity contribution >= 4 is 23.4 Å². The fourth-order valence-electron chi connectivity index (χ4n) is 1.64. The van der Waals surface area contributed by atoms with Gasteiger partial charge in [-0.05, 0) is 18.4 Å². The van der Waals surface area contributed by atoms with Crippen LogP contribution in [0, 0.1) is 10.1 Å². The van der Waals surface area contributed by atoms with Crippen LogP contribution in [0.1, 0.15) is 16.2 Å². The lowest BCUT2D eigenvalue weighted by molar-refractivity contribution is -0.385. The molecule has 0 saturated carbocycles. The highest BCUT2D eigenvalue weighted by atomic mass is 32.2. The molecule has 0 aliphatic carbocycles. The highest BCUT2D eigenvalue weighted by molar-refractivity contribution is 7.98. The first-order chi connectivity index (χ1) is 9.61. The Kier molecular flexibility index (Phi) is 4.36.